The van der Waals surface area contributed by atoms with Gasteiger partial charge in [0.05, 0.1) is 13.2 Å². The molecule has 1 atom stereocenters. The number of carbonyl (C=O) groups excluding carboxylic acids is 3. The van der Waals surface area contributed by atoms with Gasteiger partial charge in [-0.25, -0.2) is 9.59 Å². The van der Waals surface area contributed by atoms with Crippen LogP contribution in [0.3, 0.4) is 0 Å². The summed E-state index contributed by atoms with van der Waals surface area (Å²) < 4.78 is 16.6. The van der Waals surface area contributed by atoms with Crippen LogP contribution in [0.1, 0.15) is 239 Å². The van der Waals surface area contributed by atoms with E-state index in [1.807, 2.05) is 14.1 Å². The molecular weight excluding hydrogens is 701 g/mol. The number of rotatable bonds is 43. The van der Waals surface area contributed by atoms with Gasteiger partial charge in [-0.1, -0.05) is 206 Å². The Kier molecular flexibility index (Phi) is 41.4. The minimum atomic E-state index is -1.12. The molecule has 0 radical (unpaired) electrons. The summed E-state index contributed by atoms with van der Waals surface area (Å²) in [4.78, 5) is 41.9. The average Bonchev–Trinajstić information content (AvgIpc) is 3.18. The van der Waals surface area contributed by atoms with Crippen LogP contribution >= 0.6 is 0 Å². The lowest BCUT2D eigenvalue weighted by atomic mass is 10.0. The molecule has 8 heteroatoms. The minimum absolute atomic E-state index is 0.00922. The molecule has 0 heterocycles. The Morgan fingerprint density at radius 3 is 1.12 bits per heavy atom. The van der Waals surface area contributed by atoms with Crippen molar-refractivity contribution in [2.45, 2.75) is 245 Å². The first kappa shape index (κ1) is 54.2. The van der Waals surface area contributed by atoms with Gasteiger partial charge in [-0.3, -0.25) is 4.79 Å². The predicted octanol–water partition coefficient (Wildman–Crippen LogP) is 13.8. The first-order chi connectivity index (χ1) is 27.3. The number of ether oxygens (including phenoxy) is 3. The van der Waals surface area contributed by atoms with E-state index < -0.39 is 18.2 Å². The molecule has 0 aromatic carbocycles. The van der Waals surface area contributed by atoms with Crippen molar-refractivity contribution in [2.75, 3.05) is 47.4 Å². The summed E-state index contributed by atoms with van der Waals surface area (Å²) in [5.41, 5.74) is 0. The maximum absolute atomic E-state index is 13.0. The fourth-order valence-corrected chi connectivity index (χ4v) is 7.23. The molecule has 0 bridgehead atoms. The van der Waals surface area contributed by atoms with Crippen LogP contribution in [0, 0.1) is 0 Å². The number of nitrogens with zero attached hydrogens (tertiary/aromatic N) is 2. The molecule has 56 heavy (non-hydrogen) atoms. The summed E-state index contributed by atoms with van der Waals surface area (Å²) in [7, 11) is 5.65. The van der Waals surface area contributed by atoms with E-state index in [0.717, 1.165) is 45.1 Å². The zero-order valence-corrected chi connectivity index (χ0v) is 38.0. The zero-order chi connectivity index (χ0) is 41.2. The average molecular weight is 795 g/mol. The molecule has 0 rings (SSSR count). The second-order valence-corrected chi connectivity index (χ2v) is 17.0. The third-order valence-corrected chi connectivity index (χ3v) is 11.0. The third kappa shape index (κ3) is 39.0. The fourth-order valence-electron chi connectivity index (χ4n) is 7.23. The minimum Gasteiger partial charge on any atom is -0.466 e. The van der Waals surface area contributed by atoms with Gasteiger partial charge in [-0.2, -0.15) is 0 Å². The Balaban J connectivity index is 4.20. The molecule has 0 saturated carbocycles. The van der Waals surface area contributed by atoms with Crippen LogP contribution in [0.5, 0.6) is 0 Å². The van der Waals surface area contributed by atoms with Gasteiger partial charge >= 0.3 is 18.0 Å². The molecule has 1 amide bonds. The van der Waals surface area contributed by atoms with Crippen LogP contribution in [0.4, 0.5) is 4.79 Å². The molecule has 0 aromatic heterocycles. The topological polar surface area (TPSA) is 85.4 Å². The van der Waals surface area contributed by atoms with Crippen LogP contribution in [-0.4, -0.2) is 81.4 Å². The highest BCUT2D eigenvalue weighted by molar-refractivity contribution is 5.79. The standard InChI is InChI=1S/C48H94N2O6/c1-6-8-10-12-14-16-18-20-22-24-26-28-30-32-34-36-43-54-46(51)40-39-45(56-48(53)50(5)42-38-41-49(3)4)47(52)55-44-37-35-33-31-29-27-25-23-21-19-17-15-13-11-9-7-2/h45H,6-44H2,1-5H3. The molecule has 8 nitrogen and oxygen atoms in total. The normalized spacial score (nSPS) is 11.9. The highest BCUT2D eigenvalue weighted by Gasteiger charge is 2.27. The van der Waals surface area contributed by atoms with Gasteiger partial charge in [0.1, 0.15) is 0 Å². The van der Waals surface area contributed by atoms with E-state index in [0.29, 0.717) is 19.8 Å². The molecule has 0 aromatic rings. The molecular formula is C48H94N2O6. The van der Waals surface area contributed by atoms with E-state index in [1.165, 1.54) is 178 Å². The Morgan fingerprint density at radius 1 is 0.429 bits per heavy atom. The summed E-state index contributed by atoms with van der Waals surface area (Å²) in [6.07, 6.45) is 40.5. The summed E-state index contributed by atoms with van der Waals surface area (Å²) in [5, 5.41) is 0. The Labute approximate surface area is 347 Å². The number of carbonyl (C=O) groups is 3. The lowest BCUT2D eigenvalue weighted by Crippen LogP contribution is -2.37. The van der Waals surface area contributed by atoms with Crippen LogP contribution in [-0.2, 0) is 23.8 Å². The summed E-state index contributed by atoms with van der Waals surface area (Å²) in [6, 6.07) is 0. The summed E-state index contributed by atoms with van der Waals surface area (Å²) in [5.74, 6) is -0.941. The zero-order valence-electron chi connectivity index (χ0n) is 38.0. The Hall–Kier alpha value is -1.83. The first-order valence-corrected chi connectivity index (χ1v) is 24.2. The number of unbranched alkanes of at least 4 members (excludes halogenated alkanes) is 30. The molecule has 0 spiro atoms. The molecule has 0 N–H and O–H groups in total. The predicted molar refractivity (Wildman–Crippen MR) is 236 cm³/mol. The number of esters is 2. The maximum atomic E-state index is 13.0. The molecule has 0 fully saturated rings. The van der Waals surface area contributed by atoms with Crippen LogP contribution in [0.25, 0.3) is 0 Å². The summed E-state index contributed by atoms with van der Waals surface area (Å²) in [6.45, 7) is 6.59. The largest absolute Gasteiger partial charge is 0.466 e. The van der Waals surface area contributed by atoms with Gasteiger partial charge in [-0.05, 0) is 39.9 Å². The van der Waals surface area contributed by atoms with Crippen molar-refractivity contribution in [3.63, 3.8) is 0 Å². The molecule has 0 aliphatic carbocycles. The van der Waals surface area contributed by atoms with E-state index in [4.69, 9.17) is 14.2 Å². The van der Waals surface area contributed by atoms with Crippen LogP contribution in [0.2, 0.25) is 0 Å². The van der Waals surface area contributed by atoms with Gasteiger partial charge in [0.15, 0.2) is 0 Å². The SMILES string of the molecule is CCCCCCCCCCCCCCCCCCOC(=O)CCC(OC(=O)N(C)CCCN(C)C)C(=O)OCCCCCCCCCCCCCCCCCC. The number of hydrogen-bond acceptors (Lipinski definition) is 7. The van der Waals surface area contributed by atoms with Crippen molar-refractivity contribution in [1.29, 1.82) is 0 Å². The second kappa shape index (κ2) is 42.8. The van der Waals surface area contributed by atoms with Gasteiger partial charge < -0.3 is 24.0 Å². The Morgan fingerprint density at radius 2 is 0.768 bits per heavy atom. The van der Waals surface area contributed by atoms with Crippen molar-refractivity contribution >= 4 is 18.0 Å². The number of amides is 1. The maximum Gasteiger partial charge on any atom is 0.410 e. The highest BCUT2D eigenvalue weighted by atomic mass is 16.6. The lowest BCUT2D eigenvalue weighted by molar-refractivity contribution is -0.155. The molecule has 0 saturated heterocycles. The monoisotopic (exact) mass is 795 g/mol. The third-order valence-electron chi connectivity index (χ3n) is 11.0. The first-order valence-electron chi connectivity index (χ1n) is 24.2. The van der Waals surface area contributed by atoms with Crippen molar-refractivity contribution in [1.82, 2.24) is 9.80 Å². The smallest absolute Gasteiger partial charge is 0.410 e. The van der Waals surface area contributed by atoms with Gasteiger partial charge in [0.2, 0.25) is 6.10 Å². The molecule has 332 valence electrons. The van der Waals surface area contributed by atoms with Gasteiger partial charge in [0.25, 0.3) is 0 Å². The van der Waals surface area contributed by atoms with E-state index in [9.17, 15) is 14.4 Å². The lowest BCUT2D eigenvalue weighted by Gasteiger charge is -2.22. The van der Waals surface area contributed by atoms with Crippen molar-refractivity contribution in [3.8, 4) is 0 Å². The fraction of sp³-hybridized carbons (Fsp3) is 0.938. The van der Waals surface area contributed by atoms with E-state index in [1.54, 1.807) is 7.05 Å². The van der Waals surface area contributed by atoms with Gasteiger partial charge in [0, 0.05) is 26.4 Å². The van der Waals surface area contributed by atoms with E-state index in [2.05, 4.69) is 18.7 Å². The molecule has 1 unspecified atom stereocenters. The van der Waals surface area contributed by atoms with Crippen molar-refractivity contribution in [3.05, 3.63) is 0 Å². The second-order valence-electron chi connectivity index (χ2n) is 17.0. The molecule has 0 aliphatic heterocycles. The van der Waals surface area contributed by atoms with Crippen molar-refractivity contribution < 1.29 is 28.6 Å². The van der Waals surface area contributed by atoms with E-state index in [-0.39, 0.29) is 18.8 Å². The van der Waals surface area contributed by atoms with Crippen molar-refractivity contribution in [2.24, 2.45) is 0 Å². The number of hydrogen-bond donors (Lipinski definition) is 0. The van der Waals surface area contributed by atoms with Crippen LogP contribution in [0.15, 0.2) is 0 Å². The highest BCUT2D eigenvalue weighted by Crippen LogP contribution is 2.16. The summed E-state index contributed by atoms with van der Waals surface area (Å²) >= 11 is 0. The van der Waals surface area contributed by atoms with Gasteiger partial charge in [-0.15, -0.1) is 0 Å². The quantitative estimate of drug-likeness (QED) is 0.0345. The van der Waals surface area contributed by atoms with E-state index >= 15 is 0 Å². The van der Waals surface area contributed by atoms with Crippen LogP contribution < -0.4 is 0 Å². The molecule has 0 aliphatic rings. The Bertz CT molecular complexity index is 869.